The van der Waals surface area contributed by atoms with Crippen molar-refractivity contribution in [3.63, 3.8) is 0 Å². The molecule has 0 aromatic carbocycles. The van der Waals surface area contributed by atoms with Gasteiger partial charge in [0.1, 0.15) is 0 Å². The van der Waals surface area contributed by atoms with Gasteiger partial charge in [-0.2, -0.15) is 0 Å². The number of aromatic nitrogens is 1. The van der Waals surface area contributed by atoms with Crippen LogP contribution in [-0.2, 0) is 19.3 Å². The Hall–Kier alpha value is -1.10. The van der Waals surface area contributed by atoms with Crippen molar-refractivity contribution in [1.29, 1.82) is 0 Å². The number of rotatable bonds is 4. The van der Waals surface area contributed by atoms with E-state index in [2.05, 4.69) is 9.89 Å². The predicted molar refractivity (Wildman–Crippen MR) is 79.7 cm³/mol. The number of aryl methyl sites for hydroxylation is 2. The third-order valence-electron chi connectivity index (χ3n) is 3.95. The third-order valence-corrected chi connectivity index (χ3v) is 5.16. The van der Waals surface area contributed by atoms with Crippen molar-refractivity contribution in [3.05, 3.63) is 15.6 Å². The zero-order valence-corrected chi connectivity index (χ0v) is 12.4. The van der Waals surface area contributed by atoms with Crippen LogP contribution in [0.4, 0.5) is 0 Å². The number of aliphatic imine (C=N–C) groups is 1. The van der Waals surface area contributed by atoms with Gasteiger partial charge in [-0.1, -0.05) is 0 Å². The maximum atomic E-state index is 5.98. The Kier molecular flexibility index (Phi) is 3.73. The summed E-state index contributed by atoms with van der Waals surface area (Å²) in [5.74, 6) is 0.684. The molecule has 1 aromatic heterocycles. The average molecular weight is 278 g/mol. The molecule has 3 rings (SSSR count). The first kappa shape index (κ1) is 12.9. The van der Waals surface area contributed by atoms with Gasteiger partial charge in [0.15, 0.2) is 5.96 Å². The number of nitrogens with zero attached hydrogens (tertiary/aromatic N) is 3. The van der Waals surface area contributed by atoms with Crippen LogP contribution < -0.4 is 5.73 Å². The molecule has 0 saturated heterocycles. The van der Waals surface area contributed by atoms with E-state index in [4.69, 9.17) is 10.7 Å². The topological polar surface area (TPSA) is 54.5 Å². The summed E-state index contributed by atoms with van der Waals surface area (Å²) in [5.41, 5.74) is 7.32. The van der Waals surface area contributed by atoms with Crippen LogP contribution >= 0.6 is 11.3 Å². The number of hydrogen-bond acceptors (Lipinski definition) is 3. The molecular formula is C14H22N4S. The fraction of sp³-hybridized carbons (Fsp3) is 0.714. The SMILES string of the molecule is CN(C(N)=NCCc1nc2c(s1)CCCC2)C1CC1. The van der Waals surface area contributed by atoms with Crippen molar-refractivity contribution in [2.75, 3.05) is 13.6 Å². The molecule has 0 bridgehead atoms. The van der Waals surface area contributed by atoms with Gasteiger partial charge in [0.05, 0.1) is 10.7 Å². The van der Waals surface area contributed by atoms with Gasteiger partial charge in [-0.3, -0.25) is 4.99 Å². The molecule has 4 nitrogen and oxygen atoms in total. The van der Waals surface area contributed by atoms with Crippen LogP contribution in [0.25, 0.3) is 0 Å². The number of fused-ring (bicyclic) bond motifs is 1. The molecule has 104 valence electrons. The lowest BCUT2D eigenvalue weighted by atomic mass is 10.0. The maximum absolute atomic E-state index is 5.98. The van der Waals surface area contributed by atoms with Crippen LogP contribution in [0, 0.1) is 0 Å². The molecule has 0 radical (unpaired) electrons. The first-order valence-electron chi connectivity index (χ1n) is 7.24. The Balaban J connectivity index is 1.54. The lowest BCUT2D eigenvalue weighted by Gasteiger charge is -2.16. The monoisotopic (exact) mass is 278 g/mol. The standard InChI is InChI=1S/C14H22N4S/c1-18(10-6-7-10)14(15)16-9-8-13-17-11-4-2-3-5-12(11)19-13/h10H,2-9H2,1H3,(H2,15,16). The number of guanidine groups is 1. The van der Waals surface area contributed by atoms with Gasteiger partial charge in [0.25, 0.3) is 0 Å². The van der Waals surface area contributed by atoms with Gasteiger partial charge in [-0.05, 0) is 38.5 Å². The van der Waals surface area contributed by atoms with Gasteiger partial charge in [-0.15, -0.1) is 11.3 Å². The average Bonchev–Trinajstić information content (AvgIpc) is 3.17. The minimum Gasteiger partial charge on any atom is -0.370 e. The molecule has 1 fully saturated rings. The summed E-state index contributed by atoms with van der Waals surface area (Å²) in [4.78, 5) is 12.8. The molecule has 0 aliphatic heterocycles. The smallest absolute Gasteiger partial charge is 0.191 e. The Morgan fingerprint density at radius 2 is 2.21 bits per heavy atom. The van der Waals surface area contributed by atoms with Crippen LogP contribution in [0.2, 0.25) is 0 Å². The summed E-state index contributed by atoms with van der Waals surface area (Å²) >= 11 is 1.88. The van der Waals surface area contributed by atoms with E-state index in [0.29, 0.717) is 12.0 Å². The van der Waals surface area contributed by atoms with Crippen molar-refractivity contribution in [3.8, 4) is 0 Å². The summed E-state index contributed by atoms with van der Waals surface area (Å²) in [7, 11) is 2.04. The molecule has 0 atom stereocenters. The lowest BCUT2D eigenvalue weighted by molar-refractivity contribution is 0.487. The van der Waals surface area contributed by atoms with Crippen LogP contribution in [0.1, 0.15) is 41.3 Å². The van der Waals surface area contributed by atoms with Crippen molar-refractivity contribution < 1.29 is 0 Å². The molecule has 2 aliphatic rings. The fourth-order valence-electron chi connectivity index (χ4n) is 2.54. The second kappa shape index (κ2) is 5.49. The van der Waals surface area contributed by atoms with Gasteiger partial charge in [-0.25, -0.2) is 4.98 Å². The van der Waals surface area contributed by atoms with Crippen molar-refractivity contribution >= 4 is 17.3 Å². The largest absolute Gasteiger partial charge is 0.370 e. The van der Waals surface area contributed by atoms with Gasteiger partial charge in [0, 0.05) is 30.9 Å². The lowest BCUT2D eigenvalue weighted by Crippen LogP contribution is -2.35. The number of hydrogen-bond donors (Lipinski definition) is 1. The molecule has 1 saturated carbocycles. The first-order valence-corrected chi connectivity index (χ1v) is 8.06. The van der Waals surface area contributed by atoms with Crippen molar-refractivity contribution in [1.82, 2.24) is 9.88 Å². The minimum atomic E-state index is 0.635. The van der Waals surface area contributed by atoms with E-state index in [1.54, 1.807) is 0 Å². The second-order valence-corrected chi connectivity index (χ2v) is 6.68. The molecule has 1 heterocycles. The van der Waals surface area contributed by atoms with E-state index in [1.165, 1.54) is 54.1 Å². The molecular weight excluding hydrogens is 256 g/mol. The molecule has 1 aromatic rings. The summed E-state index contributed by atoms with van der Waals surface area (Å²) in [6.07, 6.45) is 8.46. The Bertz CT molecular complexity index is 452. The van der Waals surface area contributed by atoms with Crippen LogP contribution in [0.3, 0.4) is 0 Å². The highest BCUT2D eigenvalue weighted by atomic mass is 32.1. The second-order valence-electron chi connectivity index (χ2n) is 5.52. The predicted octanol–water partition coefficient (Wildman–Crippen LogP) is 1.97. The molecule has 19 heavy (non-hydrogen) atoms. The summed E-state index contributed by atoms with van der Waals surface area (Å²) in [5, 5.41) is 1.23. The number of thiazole rings is 1. The van der Waals surface area contributed by atoms with Gasteiger partial charge in [0.2, 0.25) is 0 Å². The Morgan fingerprint density at radius 1 is 1.42 bits per heavy atom. The fourth-order valence-corrected chi connectivity index (χ4v) is 3.68. The van der Waals surface area contributed by atoms with E-state index in [-0.39, 0.29) is 0 Å². The van der Waals surface area contributed by atoms with Crippen LogP contribution in [0.15, 0.2) is 4.99 Å². The summed E-state index contributed by atoms with van der Waals surface area (Å²) in [6.45, 7) is 0.759. The molecule has 0 unspecified atom stereocenters. The molecule has 5 heteroatoms. The highest BCUT2D eigenvalue weighted by Gasteiger charge is 2.27. The normalized spacial score (nSPS) is 19.3. The third kappa shape index (κ3) is 3.08. The zero-order chi connectivity index (χ0) is 13.2. The van der Waals surface area contributed by atoms with Gasteiger partial charge >= 0.3 is 0 Å². The molecule has 0 spiro atoms. The van der Waals surface area contributed by atoms with Crippen molar-refractivity contribution in [2.24, 2.45) is 10.7 Å². The molecule has 2 aliphatic carbocycles. The van der Waals surface area contributed by atoms with E-state index in [0.717, 1.165) is 13.0 Å². The van der Waals surface area contributed by atoms with Crippen LogP contribution in [0.5, 0.6) is 0 Å². The zero-order valence-electron chi connectivity index (χ0n) is 11.6. The Labute approximate surface area is 118 Å². The van der Waals surface area contributed by atoms with Gasteiger partial charge < -0.3 is 10.6 Å². The van der Waals surface area contributed by atoms with E-state index < -0.39 is 0 Å². The molecule has 0 amide bonds. The first-order chi connectivity index (χ1) is 9.24. The van der Waals surface area contributed by atoms with E-state index in [1.807, 2.05) is 18.4 Å². The van der Waals surface area contributed by atoms with Crippen molar-refractivity contribution in [2.45, 2.75) is 51.0 Å². The highest BCUT2D eigenvalue weighted by Crippen LogP contribution is 2.27. The highest BCUT2D eigenvalue weighted by molar-refractivity contribution is 7.11. The summed E-state index contributed by atoms with van der Waals surface area (Å²) in [6, 6.07) is 0.635. The van der Waals surface area contributed by atoms with Crippen LogP contribution in [-0.4, -0.2) is 35.5 Å². The minimum absolute atomic E-state index is 0.635. The van der Waals surface area contributed by atoms with E-state index >= 15 is 0 Å². The molecule has 2 N–H and O–H groups in total. The van der Waals surface area contributed by atoms with E-state index in [9.17, 15) is 0 Å². The Morgan fingerprint density at radius 3 is 2.95 bits per heavy atom. The summed E-state index contributed by atoms with van der Waals surface area (Å²) < 4.78 is 0. The quantitative estimate of drug-likeness (QED) is 0.677. The maximum Gasteiger partial charge on any atom is 0.191 e. The number of nitrogens with two attached hydrogens (primary N) is 1.